The van der Waals surface area contributed by atoms with Crippen LogP contribution in [0.2, 0.25) is 0 Å². The maximum atomic E-state index is 6.03. The molecular weight excluding hydrogens is 398 g/mol. The van der Waals surface area contributed by atoms with Crippen molar-refractivity contribution >= 4 is 25.0 Å². The first-order valence-electron chi connectivity index (χ1n) is 11.1. The summed E-state index contributed by atoms with van der Waals surface area (Å²) >= 11 is 0. The zero-order valence-electron chi connectivity index (χ0n) is 20.3. The van der Waals surface area contributed by atoms with Gasteiger partial charge in [-0.25, -0.2) is 0 Å². The molecule has 2 fully saturated rings. The summed E-state index contributed by atoms with van der Waals surface area (Å²) in [6.07, 6.45) is 0. The number of hydrogen-bond acceptors (Lipinski definition) is 4. The van der Waals surface area contributed by atoms with Gasteiger partial charge in [-0.2, -0.15) is 0 Å². The highest BCUT2D eigenvalue weighted by molar-refractivity contribution is 6.56. The van der Waals surface area contributed by atoms with Crippen molar-refractivity contribution in [3.63, 3.8) is 0 Å². The quantitative estimate of drug-likeness (QED) is 0.446. The highest BCUT2D eigenvalue weighted by atomic mass is 16.7. The normalized spacial score (nSPS) is 22.2. The summed E-state index contributed by atoms with van der Waals surface area (Å²) < 4.78 is 24.1. The van der Waals surface area contributed by atoms with Crippen LogP contribution in [0.3, 0.4) is 0 Å². The molecule has 0 spiro atoms. The lowest BCUT2D eigenvalue weighted by atomic mass is 9.89. The Bertz CT molecular complexity index is 1050. The van der Waals surface area contributed by atoms with Crippen molar-refractivity contribution in [3.05, 3.63) is 47.5 Å². The summed E-state index contributed by atoms with van der Waals surface area (Å²) in [5.74, 6) is 12.8. The first kappa shape index (κ1) is 23.0. The van der Waals surface area contributed by atoms with Gasteiger partial charge in [0.2, 0.25) is 0 Å². The molecule has 0 atom stereocenters. The summed E-state index contributed by atoms with van der Waals surface area (Å²) in [5.41, 5.74) is 0.122. The molecule has 2 aromatic rings. The van der Waals surface area contributed by atoms with E-state index in [2.05, 4.69) is 35.6 Å². The molecule has 6 heteroatoms. The van der Waals surface area contributed by atoms with Crippen molar-refractivity contribution in [2.45, 2.75) is 77.8 Å². The van der Waals surface area contributed by atoms with Crippen LogP contribution in [0.25, 0.3) is 10.8 Å². The van der Waals surface area contributed by atoms with Crippen LogP contribution in [0.15, 0.2) is 36.4 Å². The molecule has 164 valence electrons. The van der Waals surface area contributed by atoms with Crippen LogP contribution in [-0.2, 0) is 18.6 Å². The molecular formula is C26H30B2O4. The van der Waals surface area contributed by atoms with Crippen LogP contribution in [-0.4, -0.2) is 36.6 Å². The molecule has 0 saturated carbocycles. The van der Waals surface area contributed by atoms with Gasteiger partial charge < -0.3 is 18.6 Å². The van der Waals surface area contributed by atoms with Crippen molar-refractivity contribution in [1.29, 1.82) is 0 Å². The summed E-state index contributed by atoms with van der Waals surface area (Å²) in [4.78, 5) is 0. The van der Waals surface area contributed by atoms with Crippen molar-refractivity contribution < 1.29 is 18.6 Å². The molecule has 0 amide bonds. The molecule has 2 aromatic carbocycles. The SMILES string of the molecule is CC1(C)OB(C#Cc2cccc3cccc(C#CB4OC(C)(C)C(C)(C)O4)c23)OC1(C)C. The molecule has 2 saturated heterocycles. The topological polar surface area (TPSA) is 36.9 Å². The van der Waals surface area contributed by atoms with Gasteiger partial charge in [-0.05, 0) is 72.9 Å². The Balaban J connectivity index is 1.67. The van der Waals surface area contributed by atoms with Gasteiger partial charge >= 0.3 is 14.2 Å². The van der Waals surface area contributed by atoms with E-state index in [1.54, 1.807) is 0 Å². The molecule has 4 rings (SSSR count). The Labute approximate surface area is 192 Å². The van der Waals surface area contributed by atoms with Crippen molar-refractivity contribution in [2.24, 2.45) is 0 Å². The second kappa shape index (κ2) is 7.68. The zero-order valence-corrected chi connectivity index (χ0v) is 20.3. The van der Waals surface area contributed by atoms with E-state index in [0.717, 1.165) is 21.9 Å². The maximum Gasteiger partial charge on any atom is 0.551 e. The number of benzene rings is 2. The molecule has 4 nitrogen and oxygen atoms in total. The van der Waals surface area contributed by atoms with Crippen molar-refractivity contribution in [2.75, 3.05) is 0 Å². The first-order chi connectivity index (χ1) is 14.8. The molecule has 0 radical (unpaired) electrons. The lowest BCUT2D eigenvalue weighted by Crippen LogP contribution is -2.41. The van der Waals surface area contributed by atoms with Crippen molar-refractivity contribution in [1.82, 2.24) is 0 Å². The van der Waals surface area contributed by atoms with E-state index in [1.807, 2.05) is 79.7 Å². The summed E-state index contributed by atoms with van der Waals surface area (Å²) in [5, 5.41) is 2.08. The van der Waals surface area contributed by atoms with Gasteiger partial charge in [-0.15, -0.1) is 0 Å². The number of hydrogen-bond donors (Lipinski definition) is 0. The largest absolute Gasteiger partial charge is 0.551 e. The van der Waals surface area contributed by atoms with Gasteiger partial charge in [0.25, 0.3) is 0 Å². The van der Waals surface area contributed by atoms with Crippen LogP contribution in [0.4, 0.5) is 0 Å². The number of rotatable bonds is 0. The Hall–Kier alpha value is -2.21. The summed E-state index contributed by atoms with van der Waals surface area (Å²) in [7, 11) is -1.14. The minimum absolute atomic E-state index is 0.412. The third kappa shape index (κ3) is 4.09. The van der Waals surface area contributed by atoms with E-state index >= 15 is 0 Å². The second-order valence-corrected chi connectivity index (χ2v) is 10.4. The average molecular weight is 428 g/mol. The van der Waals surface area contributed by atoms with Crippen LogP contribution >= 0.6 is 0 Å². The highest BCUT2D eigenvalue weighted by Crippen LogP contribution is 2.37. The minimum atomic E-state index is -0.571. The fraction of sp³-hybridized carbons (Fsp3) is 0.462. The average Bonchev–Trinajstić information content (AvgIpc) is 3.03. The second-order valence-electron chi connectivity index (χ2n) is 10.4. The molecule has 2 aliphatic heterocycles. The molecule has 2 aliphatic rings. The standard InChI is InChI=1S/C26H30B2O4/c1-23(2)24(3,4)30-27(29-23)17-15-20-13-9-11-19-12-10-14-21(22(19)20)16-18-28-31-25(5,6)26(7,8)32-28/h9-14H,1-8H3. The third-order valence-corrected chi connectivity index (χ3v) is 7.06. The van der Waals surface area contributed by atoms with E-state index in [0.29, 0.717) is 0 Å². The molecule has 0 unspecified atom stereocenters. The molecule has 0 aromatic heterocycles. The van der Waals surface area contributed by atoms with Gasteiger partial charge in [-0.1, -0.05) is 47.7 Å². The number of fused-ring (bicyclic) bond motifs is 1. The van der Waals surface area contributed by atoms with E-state index in [-0.39, 0.29) is 0 Å². The Kier molecular flexibility index (Phi) is 5.51. The van der Waals surface area contributed by atoms with Gasteiger partial charge in [0.15, 0.2) is 0 Å². The van der Waals surface area contributed by atoms with E-state index in [4.69, 9.17) is 18.6 Å². The molecule has 0 aliphatic carbocycles. The maximum absolute atomic E-state index is 6.03. The molecule has 2 heterocycles. The Morgan fingerprint density at radius 2 is 0.906 bits per heavy atom. The van der Waals surface area contributed by atoms with Gasteiger partial charge in [0, 0.05) is 16.5 Å². The first-order valence-corrected chi connectivity index (χ1v) is 11.1. The lowest BCUT2D eigenvalue weighted by Gasteiger charge is -2.32. The zero-order chi connectivity index (χ0) is 23.4. The fourth-order valence-electron chi connectivity index (χ4n) is 3.63. The van der Waals surface area contributed by atoms with Crippen LogP contribution < -0.4 is 0 Å². The third-order valence-electron chi connectivity index (χ3n) is 7.06. The van der Waals surface area contributed by atoms with Crippen LogP contribution in [0.1, 0.15) is 66.5 Å². The monoisotopic (exact) mass is 428 g/mol. The molecule has 0 N–H and O–H groups in total. The Morgan fingerprint density at radius 1 is 0.562 bits per heavy atom. The van der Waals surface area contributed by atoms with Crippen LogP contribution in [0.5, 0.6) is 0 Å². The lowest BCUT2D eigenvalue weighted by molar-refractivity contribution is 0.00578. The summed E-state index contributed by atoms with van der Waals surface area (Å²) in [6.45, 7) is 16.2. The van der Waals surface area contributed by atoms with Crippen LogP contribution in [0, 0.1) is 23.5 Å². The van der Waals surface area contributed by atoms with Gasteiger partial charge in [0.1, 0.15) is 0 Å². The molecule has 32 heavy (non-hydrogen) atoms. The van der Waals surface area contributed by atoms with E-state index in [1.165, 1.54) is 0 Å². The Morgan fingerprint density at radius 3 is 1.25 bits per heavy atom. The fourth-order valence-corrected chi connectivity index (χ4v) is 3.63. The minimum Gasteiger partial charge on any atom is -0.392 e. The highest BCUT2D eigenvalue weighted by Gasteiger charge is 2.51. The van der Waals surface area contributed by atoms with E-state index < -0.39 is 36.6 Å². The van der Waals surface area contributed by atoms with Gasteiger partial charge in [-0.3, -0.25) is 0 Å². The van der Waals surface area contributed by atoms with Gasteiger partial charge in [0.05, 0.1) is 22.4 Å². The predicted octanol–water partition coefficient (Wildman–Crippen LogP) is 4.81. The smallest absolute Gasteiger partial charge is 0.392 e. The van der Waals surface area contributed by atoms with E-state index in [9.17, 15) is 0 Å². The predicted molar refractivity (Wildman–Crippen MR) is 130 cm³/mol. The van der Waals surface area contributed by atoms with Crippen molar-refractivity contribution in [3.8, 4) is 23.5 Å². The molecule has 0 bridgehead atoms. The summed E-state index contributed by atoms with van der Waals surface area (Å²) in [6, 6.07) is 12.1.